The molecule has 0 aliphatic carbocycles. The minimum atomic E-state index is -0.0352. The monoisotopic (exact) mass is 617 g/mol. The fraction of sp³-hybridized carbons (Fsp3) is 0.267. The summed E-state index contributed by atoms with van der Waals surface area (Å²) in [6, 6.07) is 19.6. The summed E-state index contributed by atoms with van der Waals surface area (Å²) in [7, 11) is 1.65. The summed E-state index contributed by atoms with van der Waals surface area (Å²) in [6.07, 6.45) is 4.12. The number of halogens is 1. The standard InChI is InChI=1S/C30H28BrN5O3S/c1-38-24-10-11-25-27(17-24)40-30(20-6-8-23(9-7-20)39-15-14-35-12-2-3-13-35)28(25)29(37)21-4-5-22(26(31)16-21)18-36-19-32-33-34-36/h4-11,16-17,19H,2-3,12-15,18H2,1H3. The van der Waals surface area contributed by atoms with Gasteiger partial charge in [-0.05, 0) is 96.0 Å². The molecule has 0 N–H and O–H groups in total. The van der Waals surface area contributed by atoms with E-state index in [1.54, 1.807) is 29.5 Å². The van der Waals surface area contributed by atoms with E-state index in [0.29, 0.717) is 24.3 Å². The molecule has 8 nitrogen and oxygen atoms in total. The Labute approximate surface area is 244 Å². The molecule has 6 rings (SSSR count). The zero-order valence-corrected chi connectivity index (χ0v) is 24.5. The second kappa shape index (κ2) is 11.9. The van der Waals surface area contributed by atoms with Crippen LogP contribution in [0, 0.1) is 0 Å². The summed E-state index contributed by atoms with van der Waals surface area (Å²) in [5, 5.41) is 12.2. The lowest BCUT2D eigenvalue weighted by Crippen LogP contribution is -2.25. The molecule has 1 saturated heterocycles. The zero-order chi connectivity index (χ0) is 27.5. The van der Waals surface area contributed by atoms with Crippen LogP contribution >= 0.6 is 27.3 Å². The van der Waals surface area contributed by atoms with E-state index in [-0.39, 0.29) is 5.78 Å². The molecule has 3 heterocycles. The first kappa shape index (κ1) is 26.6. The molecule has 0 atom stereocenters. The number of nitrogens with zero attached hydrogens (tertiary/aromatic N) is 5. The zero-order valence-electron chi connectivity index (χ0n) is 22.0. The first-order valence-electron chi connectivity index (χ1n) is 13.2. The van der Waals surface area contributed by atoms with Crippen LogP contribution in [-0.4, -0.2) is 64.2 Å². The van der Waals surface area contributed by atoms with E-state index >= 15 is 0 Å². The first-order chi connectivity index (χ1) is 19.6. The van der Waals surface area contributed by atoms with Crippen LogP contribution in [0.4, 0.5) is 0 Å². The van der Waals surface area contributed by atoms with Crippen LogP contribution in [0.15, 0.2) is 71.5 Å². The van der Waals surface area contributed by atoms with E-state index in [4.69, 9.17) is 9.47 Å². The average Bonchev–Trinajstić information content (AvgIpc) is 3.75. The Morgan fingerprint density at radius 3 is 2.55 bits per heavy atom. The molecule has 1 aliphatic heterocycles. The maximum atomic E-state index is 14.1. The van der Waals surface area contributed by atoms with E-state index < -0.39 is 0 Å². The molecule has 0 saturated carbocycles. The number of benzene rings is 3. The fourth-order valence-electron chi connectivity index (χ4n) is 5.02. The van der Waals surface area contributed by atoms with E-state index in [9.17, 15) is 4.79 Å². The van der Waals surface area contributed by atoms with E-state index in [0.717, 1.165) is 61.7 Å². The molecule has 1 aliphatic rings. The van der Waals surface area contributed by atoms with Gasteiger partial charge in [-0.15, -0.1) is 16.4 Å². The van der Waals surface area contributed by atoms with Gasteiger partial charge >= 0.3 is 0 Å². The van der Waals surface area contributed by atoms with Crippen molar-refractivity contribution in [3.8, 4) is 21.9 Å². The maximum absolute atomic E-state index is 14.1. The molecule has 0 bridgehead atoms. The van der Waals surface area contributed by atoms with E-state index in [2.05, 4.69) is 36.4 Å². The first-order valence-corrected chi connectivity index (χ1v) is 14.8. The third-order valence-electron chi connectivity index (χ3n) is 7.15. The lowest BCUT2D eigenvalue weighted by Gasteiger charge is -2.15. The van der Waals surface area contributed by atoms with Gasteiger partial charge in [0.05, 0.1) is 13.7 Å². The van der Waals surface area contributed by atoms with Gasteiger partial charge < -0.3 is 9.47 Å². The van der Waals surface area contributed by atoms with E-state index in [1.165, 1.54) is 12.8 Å². The highest BCUT2D eigenvalue weighted by Gasteiger charge is 2.23. The number of aromatic nitrogens is 4. The van der Waals surface area contributed by atoms with Crippen LogP contribution in [0.3, 0.4) is 0 Å². The quantitative estimate of drug-likeness (QED) is 0.176. The molecular formula is C30H28BrN5O3S. The van der Waals surface area contributed by atoms with Crippen LogP contribution in [-0.2, 0) is 6.54 Å². The molecule has 204 valence electrons. The highest BCUT2D eigenvalue weighted by molar-refractivity contribution is 9.10. The van der Waals surface area contributed by atoms with Crippen molar-refractivity contribution in [2.45, 2.75) is 19.4 Å². The van der Waals surface area contributed by atoms with Crippen molar-refractivity contribution >= 4 is 43.1 Å². The Kier molecular flexibility index (Phi) is 7.90. The molecular weight excluding hydrogens is 590 g/mol. The molecule has 10 heteroatoms. The molecule has 3 aromatic carbocycles. The second-order valence-electron chi connectivity index (χ2n) is 9.73. The van der Waals surface area contributed by atoms with Crippen LogP contribution in [0.1, 0.15) is 34.3 Å². The van der Waals surface area contributed by atoms with Gasteiger partial charge in [-0.1, -0.05) is 28.1 Å². The number of tetrazole rings is 1. The van der Waals surface area contributed by atoms with Crippen LogP contribution < -0.4 is 9.47 Å². The predicted octanol–water partition coefficient (Wildman–Crippen LogP) is 6.08. The number of rotatable bonds is 10. The minimum Gasteiger partial charge on any atom is -0.497 e. The molecule has 0 radical (unpaired) electrons. The number of ketones is 1. The van der Waals surface area contributed by atoms with Gasteiger partial charge in [-0.3, -0.25) is 9.69 Å². The number of hydrogen-bond acceptors (Lipinski definition) is 8. The Balaban J connectivity index is 1.30. The summed E-state index contributed by atoms with van der Waals surface area (Å²) in [4.78, 5) is 17.4. The molecule has 0 unspecified atom stereocenters. The van der Waals surface area contributed by atoms with Gasteiger partial charge in [0, 0.05) is 37.1 Å². The smallest absolute Gasteiger partial charge is 0.195 e. The van der Waals surface area contributed by atoms with Crippen molar-refractivity contribution in [1.29, 1.82) is 0 Å². The predicted molar refractivity (Wildman–Crippen MR) is 159 cm³/mol. The number of ether oxygens (including phenoxy) is 2. The fourth-order valence-corrected chi connectivity index (χ4v) is 6.76. The number of fused-ring (bicyclic) bond motifs is 1. The Morgan fingerprint density at radius 1 is 1.02 bits per heavy atom. The van der Waals surface area contributed by atoms with Crippen molar-refractivity contribution in [1.82, 2.24) is 25.1 Å². The maximum Gasteiger partial charge on any atom is 0.195 e. The van der Waals surface area contributed by atoms with Crippen molar-refractivity contribution in [2.75, 3.05) is 33.4 Å². The molecule has 0 spiro atoms. The van der Waals surface area contributed by atoms with Crippen molar-refractivity contribution in [2.24, 2.45) is 0 Å². The molecule has 1 fully saturated rings. The van der Waals surface area contributed by atoms with Crippen molar-refractivity contribution in [3.63, 3.8) is 0 Å². The third-order valence-corrected chi connectivity index (χ3v) is 9.09. The van der Waals surface area contributed by atoms with Gasteiger partial charge in [0.1, 0.15) is 24.4 Å². The largest absolute Gasteiger partial charge is 0.497 e. The number of methoxy groups -OCH3 is 1. The van der Waals surface area contributed by atoms with Gasteiger partial charge in [0.15, 0.2) is 5.78 Å². The number of thiophene rings is 1. The van der Waals surface area contributed by atoms with Crippen molar-refractivity contribution in [3.05, 3.63) is 88.2 Å². The lowest BCUT2D eigenvalue weighted by molar-refractivity contribution is 0.104. The highest BCUT2D eigenvalue weighted by atomic mass is 79.9. The van der Waals surface area contributed by atoms with E-state index in [1.807, 2.05) is 60.7 Å². The summed E-state index contributed by atoms with van der Waals surface area (Å²) < 4.78 is 14.9. The van der Waals surface area contributed by atoms with Crippen LogP contribution in [0.5, 0.6) is 11.5 Å². The summed E-state index contributed by atoms with van der Waals surface area (Å²) in [5.74, 6) is 1.56. The summed E-state index contributed by atoms with van der Waals surface area (Å²) in [6.45, 7) is 4.44. The van der Waals surface area contributed by atoms with Crippen molar-refractivity contribution < 1.29 is 14.3 Å². The van der Waals surface area contributed by atoms with Crippen LogP contribution in [0.2, 0.25) is 0 Å². The van der Waals surface area contributed by atoms with Gasteiger partial charge in [0.25, 0.3) is 0 Å². The van der Waals surface area contributed by atoms with Gasteiger partial charge in [-0.25, -0.2) is 4.68 Å². The number of carbonyl (C=O) groups is 1. The number of carbonyl (C=O) groups excluding carboxylic acids is 1. The summed E-state index contributed by atoms with van der Waals surface area (Å²) >= 11 is 5.24. The molecule has 5 aromatic rings. The Bertz CT molecular complexity index is 1630. The van der Waals surface area contributed by atoms with Gasteiger partial charge in [-0.2, -0.15) is 0 Å². The minimum absolute atomic E-state index is 0.0352. The second-order valence-corrected chi connectivity index (χ2v) is 11.6. The SMILES string of the molecule is COc1ccc2c(C(=O)c3ccc(Cn4cnnn4)c(Br)c3)c(-c3ccc(OCCN4CCCC4)cc3)sc2c1. The topological polar surface area (TPSA) is 82.4 Å². The number of hydrogen-bond donors (Lipinski definition) is 0. The highest BCUT2D eigenvalue weighted by Crippen LogP contribution is 2.42. The normalized spacial score (nSPS) is 13.7. The lowest BCUT2D eigenvalue weighted by atomic mass is 9.97. The molecule has 40 heavy (non-hydrogen) atoms. The van der Waals surface area contributed by atoms with Gasteiger partial charge in [0.2, 0.25) is 0 Å². The molecule has 2 aromatic heterocycles. The average molecular weight is 619 g/mol. The number of likely N-dealkylation sites (tertiary alicyclic amines) is 1. The Morgan fingerprint density at radius 2 is 1.82 bits per heavy atom. The summed E-state index contributed by atoms with van der Waals surface area (Å²) in [5.41, 5.74) is 3.24. The molecule has 0 amide bonds. The Hall–Kier alpha value is -3.60. The third kappa shape index (κ3) is 5.65. The van der Waals surface area contributed by atoms with Crippen LogP contribution in [0.25, 0.3) is 20.5 Å².